The quantitative estimate of drug-likeness (QED) is 0.885. The molecular weight excluding hydrogens is 304 g/mol. The molecule has 6 nitrogen and oxygen atoms in total. The first kappa shape index (κ1) is 15.3. The fourth-order valence-electron chi connectivity index (χ4n) is 2.99. The van der Waals surface area contributed by atoms with Crippen molar-refractivity contribution >= 4 is 5.91 Å². The summed E-state index contributed by atoms with van der Waals surface area (Å²) in [7, 11) is 0. The van der Waals surface area contributed by atoms with Crippen LogP contribution in [0.1, 0.15) is 54.2 Å². The Labute approximate surface area is 141 Å². The molecule has 1 aliphatic carbocycles. The summed E-state index contributed by atoms with van der Waals surface area (Å²) >= 11 is 0. The second kappa shape index (κ2) is 6.73. The topological polar surface area (TPSA) is 79.9 Å². The van der Waals surface area contributed by atoms with E-state index in [1.807, 2.05) is 24.3 Å². The lowest BCUT2D eigenvalue weighted by Gasteiger charge is -2.22. The highest BCUT2D eigenvalue weighted by atomic mass is 16.5. The van der Waals surface area contributed by atoms with Crippen molar-refractivity contribution in [3.05, 3.63) is 35.7 Å². The van der Waals surface area contributed by atoms with Crippen molar-refractivity contribution in [2.75, 3.05) is 13.2 Å². The van der Waals surface area contributed by atoms with Crippen LogP contribution in [0.2, 0.25) is 0 Å². The van der Waals surface area contributed by atoms with Crippen molar-refractivity contribution in [3.63, 3.8) is 0 Å². The van der Waals surface area contributed by atoms with Gasteiger partial charge in [0.05, 0.1) is 6.10 Å². The van der Waals surface area contributed by atoms with E-state index in [1.54, 1.807) is 0 Å². The minimum Gasteiger partial charge on any atom is -0.376 e. The highest BCUT2D eigenvalue weighted by Crippen LogP contribution is 2.38. The van der Waals surface area contributed by atoms with Gasteiger partial charge in [-0.1, -0.05) is 12.1 Å². The molecular formula is C18H22N4O2. The van der Waals surface area contributed by atoms with E-state index >= 15 is 0 Å². The normalized spacial score (nSPS) is 20.8. The molecule has 1 aromatic heterocycles. The molecule has 6 heteroatoms. The Kier molecular flexibility index (Phi) is 4.30. The first-order valence-electron chi connectivity index (χ1n) is 8.72. The molecule has 1 amide bonds. The Hall–Kier alpha value is -2.21. The molecule has 24 heavy (non-hydrogen) atoms. The largest absolute Gasteiger partial charge is 0.376 e. The SMILES string of the molecule is O=C(NCC1CCCCO1)c1ccc(-c2n[nH]c(C3CC3)n2)cc1. The van der Waals surface area contributed by atoms with Gasteiger partial charge < -0.3 is 10.1 Å². The van der Waals surface area contributed by atoms with Crippen LogP contribution < -0.4 is 5.32 Å². The molecule has 4 rings (SSSR count). The molecule has 2 fully saturated rings. The van der Waals surface area contributed by atoms with Crippen LogP contribution in [0.25, 0.3) is 11.4 Å². The molecule has 1 saturated heterocycles. The van der Waals surface area contributed by atoms with Crippen LogP contribution in [0.15, 0.2) is 24.3 Å². The van der Waals surface area contributed by atoms with Crippen molar-refractivity contribution < 1.29 is 9.53 Å². The van der Waals surface area contributed by atoms with Crippen molar-refractivity contribution in [1.29, 1.82) is 0 Å². The monoisotopic (exact) mass is 326 g/mol. The molecule has 2 aromatic rings. The highest BCUT2D eigenvalue weighted by Gasteiger charge is 2.27. The van der Waals surface area contributed by atoms with E-state index in [2.05, 4.69) is 20.5 Å². The lowest BCUT2D eigenvalue weighted by Crippen LogP contribution is -2.35. The van der Waals surface area contributed by atoms with Crippen LogP contribution in [-0.4, -0.2) is 40.3 Å². The molecule has 1 aliphatic heterocycles. The predicted molar refractivity (Wildman–Crippen MR) is 89.7 cm³/mol. The molecule has 1 saturated carbocycles. The Morgan fingerprint density at radius 2 is 2.04 bits per heavy atom. The van der Waals surface area contributed by atoms with Crippen LogP contribution in [0.5, 0.6) is 0 Å². The number of hydrogen-bond acceptors (Lipinski definition) is 4. The van der Waals surface area contributed by atoms with Gasteiger partial charge >= 0.3 is 0 Å². The van der Waals surface area contributed by atoms with Crippen molar-refractivity contribution in [1.82, 2.24) is 20.5 Å². The van der Waals surface area contributed by atoms with Crippen LogP contribution in [0.3, 0.4) is 0 Å². The summed E-state index contributed by atoms with van der Waals surface area (Å²) < 4.78 is 5.63. The smallest absolute Gasteiger partial charge is 0.251 e. The summed E-state index contributed by atoms with van der Waals surface area (Å²) in [6, 6.07) is 7.43. The average molecular weight is 326 g/mol. The molecule has 2 heterocycles. The summed E-state index contributed by atoms with van der Waals surface area (Å²) in [6.07, 6.45) is 5.85. The number of carbonyl (C=O) groups excluding carboxylic acids is 1. The number of amides is 1. The lowest BCUT2D eigenvalue weighted by molar-refractivity contribution is 0.0169. The standard InChI is InChI=1S/C18H22N4O2/c23-18(19-11-15-3-1-2-10-24-15)14-8-6-13(7-9-14)17-20-16(21-22-17)12-4-5-12/h6-9,12,15H,1-5,10-11H2,(H,19,23)(H,20,21,22). The van der Waals surface area contributed by atoms with Gasteiger partial charge in [-0.15, -0.1) is 0 Å². The number of nitrogens with zero attached hydrogens (tertiary/aromatic N) is 2. The first-order chi connectivity index (χ1) is 11.8. The van der Waals surface area contributed by atoms with E-state index in [-0.39, 0.29) is 12.0 Å². The Bertz CT molecular complexity index is 700. The predicted octanol–water partition coefficient (Wildman–Crippen LogP) is 2.65. The third-order valence-corrected chi connectivity index (χ3v) is 4.64. The molecule has 0 radical (unpaired) electrons. The number of benzene rings is 1. The van der Waals surface area contributed by atoms with Crippen LogP contribution in [0.4, 0.5) is 0 Å². The number of nitrogens with one attached hydrogen (secondary N) is 2. The van der Waals surface area contributed by atoms with Gasteiger partial charge in [-0.25, -0.2) is 4.98 Å². The maximum absolute atomic E-state index is 12.2. The summed E-state index contributed by atoms with van der Waals surface area (Å²) in [4.78, 5) is 16.8. The van der Waals surface area contributed by atoms with Crippen LogP contribution in [0, 0.1) is 0 Å². The number of rotatable bonds is 5. The summed E-state index contributed by atoms with van der Waals surface area (Å²) in [5, 5.41) is 10.2. The number of ether oxygens (including phenoxy) is 1. The zero-order valence-electron chi connectivity index (χ0n) is 13.6. The number of carbonyl (C=O) groups is 1. The maximum Gasteiger partial charge on any atom is 0.251 e. The van der Waals surface area contributed by atoms with E-state index in [9.17, 15) is 4.79 Å². The second-order valence-electron chi connectivity index (χ2n) is 6.59. The second-order valence-corrected chi connectivity index (χ2v) is 6.59. The van der Waals surface area contributed by atoms with Crippen molar-refractivity contribution in [2.45, 2.75) is 44.1 Å². The van der Waals surface area contributed by atoms with E-state index in [4.69, 9.17) is 4.74 Å². The van der Waals surface area contributed by atoms with E-state index in [1.165, 1.54) is 19.3 Å². The molecule has 1 unspecified atom stereocenters. The fraction of sp³-hybridized carbons (Fsp3) is 0.500. The minimum absolute atomic E-state index is 0.0654. The Balaban J connectivity index is 1.36. The summed E-state index contributed by atoms with van der Waals surface area (Å²) in [6.45, 7) is 1.38. The number of aromatic amines is 1. The van der Waals surface area contributed by atoms with E-state index in [0.717, 1.165) is 30.8 Å². The van der Waals surface area contributed by atoms with Crippen LogP contribution in [-0.2, 0) is 4.74 Å². The van der Waals surface area contributed by atoms with Gasteiger partial charge in [0.25, 0.3) is 5.91 Å². The number of aromatic nitrogens is 3. The van der Waals surface area contributed by atoms with Gasteiger partial charge in [-0.05, 0) is 44.2 Å². The summed E-state index contributed by atoms with van der Waals surface area (Å²) in [5.74, 6) is 2.15. The van der Waals surface area contributed by atoms with Gasteiger partial charge in [-0.3, -0.25) is 9.89 Å². The molecule has 0 spiro atoms. The number of H-pyrrole nitrogens is 1. The lowest BCUT2D eigenvalue weighted by atomic mass is 10.1. The fourth-order valence-corrected chi connectivity index (χ4v) is 2.99. The third-order valence-electron chi connectivity index (χ3n) is 4.64. The maximum atomic E-state index is 12.2. The molecule has 0 bridgehead atoms. The van der Waals surface area contributed by atoms with Gasteiger partial charge in [0.15, 0.2) is 5.82 Å². The van der Waals surface area contributed by atoms with Gasteiger partial charge in [-0.2, -0.15) is 5.10 Å². The Morgan fingerprint density at radius 1 is 1.21 bits per heavy atom. The molecule has 1 aromatic carbocycles. The Morgan fingerprint density at radius 3 is 2.75 bits per heavy atom. The zero-order chi connectivity index (χ0) is 16.4. The minimum atomic E-state index is -0.0654. The average Bonchev–Trinajstić information content (AvgIpc) is 3.38. The van der Waals surface area contributed by atoms with Crippen LogP contribution >= 0.6 is 0 Å². The van der Waals surface area contributed by atoms with Crippen molar-refractivity contribution in [2.24, 2.45) is 0 Å². The highest BCUT2D eigenvalue weighted by molar-refractivity contribution is 5.94. The summed E-state index contributed by atoms with van der Waals surface area (Å²) in [5.41, 5.74) is 1.57. The molecule has 2 N–H and O–H groups in total. The van der Waals surface area contributed by atoms with Gasteiger partial charge in [0.2, 0.25) is 0 Å². The van der Waals surface area contributed by atoms with Crippen molar-refractivity contribution in [3.8, 4) is 11.4 Å². The zero-order valence-corrected chi connectivity index (χ0v) is 13.6. The molecule has 1 atom stereocenters. The first-order valence-corrected chi connectivity index (χ1v) is 8.72. The third kappa shape index (κ3) is 3.48. The molecule has 2 aliphatic rings. The molecule has 126 valence electrons. The van der Waals surface area contributed by atoms with E-state index in [0.29, 0.717) is 23.9 Å². The van der Waals surface area contributed by atoms with Gasteiger partial charge in [0.1, 0.15) is 5.82 Å². The van der Waals surface area contributed by atoms with Gasteiger partial charge in [0, 0.05) is 30.2 Å². The van der Waals surface area contributed by atoms with E-state index < -0.39 is 0 Å². The number of hydrogen-bond donors (Lipinski definition) is 2.